The number of hydrogen-bond donors (Lipinski definition) is 2. The molecule has 0 saturated carbocycles. The Bertz CT molecular complexity index is 886. The average Bonchev–Trinajstić information content (AvgIpc) is 3.08. The Kier molecular flexibility index (Phi) is 6.48. The van der Waals surface area contributed by atoms with Crippen molar-refractivity contribution in [3.05, 3.63) is 64.8 Å². The van der Waals surface area contributed by atoms with Gasteiger partial charge in [-0.3, -0.25) is 5.32 Å². The van der Waals surface area contributed by atoms with E-state index in [0.717, 1.165) is 38.8 Å². The zero-order chi connectivity index (χ0) is 19.1. The number of ether oxygens (including phenoxy) is 1. The molecule has 0 aliphatic carbocycles. The lowest BCUT2D eigenvalue weighted by atomic mass is 10.1. The molecule has 0 bridgehead atoms. The molecule has 142 valence electrons. The number of rotatable bonds is 9. The average molecular weight is 386 g/mol. The Morgan fingerprint density at radius 3 is 2.93 bits per heavy atom. The second-order valence-electron chi connectivity index (χ2n) is 5.95. The first-order chi connectivity index (χ1) is 13.2. The Morgan fingerprint density at radius 1 is 1.30 bits per heavy atom. The van der Waals surface area contributed by atoms with Crippen molar-refractivity contribution in [1.29, 1.82) is 0 Å². The summed E-state index contributed by atoms with van der Waals surface area (Å²) >= 11 is 1.76. The summed E-state index contributed by atoms with van der Waals surface area (Å²) in [5, 5.41) is 15.3. The molecule has 3 rings (SSSR count). The SMILES string of the molecule is COc1cc(Cc2cnc(NCCSCc3nc[nH]c3C)[n+]([O-])c2)ccn1. The van der Waals surface area contributed by atoms with Gasteiger partial charge in [-0.15, -0.1) is 0 Å². The highest BCUT2D eigenvalue weighted by Crippen LogP contribution is 2.14. The fourth-order valence-electron chi connectivity index (χ4n) is 2.51. The molecule has 9 heteroatoms. The molecule has 27 heavy (non-hydrogen) atoms. The molecule has 8 nitrogen and oxygen atoms in total. The summed E-state index contributed by atoms with van der Waals surface area (Å²) < 4.78 is 5.89. The quantitative estimate of drug-likeness (QED) is 0.330. The van der Waals surface area contributed by atoms with Gasteiger partial charge in [-0.2, -0.15) is 11.8 Å². The van der Waals surface area contributed by atoms with Gasteiger partial charge in [-0.1, -0.05) is 4.98 Å². The van der Waals surface area contributed by atoms with Crippen LogP contribution in [0.25, 0.3) is 0 Å². The third-order valence-corrected chi connectivity index (χ3v) is 4.93. The standard InChI is InChI=1S/C18H22N6O2S/c1-13-16(23-12-22-13)11-27-6-5-20-18-21-9-15(10-24(18)25)7-14-3-4-19-17(8-14)26-2/h3-4,8-10,12H,5-7,11H2,1-2H3,(H,20,21)(H,22,23). The van der Waals surface area contributed by atoms with Crippen molar-refractivity contribution < 1.29 is 9.47 Å². The van der Waals surface area contributed by atoms with E-state index in [2.05, 4.69) is 25.3 Å². The minimum absolute atomic E-state index is 0.308. The highest BCUT2D eigenvalue weighted by Gasteiger charge is 2.09. The van der Waals surface area contributed by atoms with E-state index in [0.29, 0.717) is 24.8 Å². The van der Waals surface area contributed by atoms with Crippen molar-refractivity contribution in [3.8, 4) is 5.88 Å². The Balaban J connectivity index is 1.48. The van der Waals surface area contributed by atoms with E-state index in [1.807, 2.05) is 19.1 Å². The number of aromatic nitrogens is 5. The number of hydrogen-bond acceptors (Lipinski definition) is 7. The minimum Gasteiger partial charge on any atom is -0.740 e. The van der Waals surface area contributed by atoms with Gasteiger partial charge in [-0.05, 0) is 18.6 Å². The van der Waals surface area contributed by atoms with Gasteiger partial charge in [0.15, 0.2) is 0 Å². The fourth-order valence-corrected chi connectivity index (χ4v) is 3.38. The molecule has 2 N–H and O–H groups in total. The maximum atomic E-state index is 12.2. The molecule has 0 unspecified atom stereocenters. The number of pyridine rings is 1. The lowest BCUT2D eigenvalue weighted by Gasteiger charge is -2.10. The maximum Gasteiger partial charge on any atom is 0.391 e. The lowest BCUT2D eigenvalue weighted by molar-refractivity contribution is -0.593. The molecule has 0 amide bonds. The molecule has 0 atom stereocenters. The van der Waals surface area contributed by atoms with Gasteiger partial charge in [-0.25, -0.2) is 14.7 Å². The summed E-state index contributed by atoms with van der Waals surface area (Å²) in [6.07, 6.45) is 7.24. The van der Waals surface area contributed by atoms with Gasteiger partial charge >= 0.3 is 5.95 Å². The van der Waals surface area contributed by atoms with E-state index < -0.39 is 0 Å². The van der Waals surface area contributed by atoms with Gasteiger partial charge < -0.3 is 14.9 Å². The second kappa shape index (κ2) is 9.22. The van der Waals surface area contributed by atoms with Crippen LogP contribution in [0.3, 0.4) is 0 Å². The van der Waals surface area contributed by atoms with Crippen molar-refractivity contribution in [1.82, 2.24) is 19.9 Å². The summed E-state index contributed by atoms with van der Waals surface area (Å²) in [7, 11) is 1.58. The molecule has 0 fully saturated rings. The predicted molar refractivity (Wildman–Crippen MR) is 105 cm³/mol. The zero-order valence-electron chi connectivity index (χ0n) is 15.3. The number of aryl methyl sites for hydroxylation is 1. The first-order valence-corrected chi connectivity index (χ1v) is 9.68. The summed E-state index contributed by atoms with van der Waals surface area (Å²) in [5.74, 6) is 2.56. The van der Waals surface area contributed by atoms with Gasteiger partial charge in [0, 0.05) is 41.4 Å². The molecular weight excluding hydrogens is 364 g/mol. The number of anilines is 1. The largest absolute Gasteiger partial charge is 0.740 e. The Morgan fingerprint density at radius 2 is 2.19 bits per heavy atom. The van der Waals surface area contributed by atoms with Crippen LogP contribution in [0.2, 0.25) is 0 Å². The van der Waals surface area contributed by atoms with Crippen molar-refractivity contribution in [2.45, 2.75) is 19.1 Å². The van der Waals surface area contributed by atoms with Crippen LogP contribution in [-0.2, 0) is 12.2 Å². The van der Waals surface area contributed by atoms with Crippen LogP contribution in [0.4, 0.5) is 5.95 Å². The van der Waals surface area contributed by atoms with Gasteiger partial charge in [0.25, 0.3) is 0 Å². The van der Waals surface area contributed by atoms with Crippen LogP contribution in [-0.4, -0.2) is 39.3 Å². The van der Waals surface area contributed by atoms with E-state index in [1.165, 1.54) is 0 Å². The number of thioether (sulfide) groups is 1. The van der Waals surface area contributed by atoms with Crippen LogP contribution in [0.5, 0.6) is 5.88 Å². The summed E-state index contributed by atoms with van der Waals surface area (Å²) in [6.45, 7) is 2.67. The first kappa shape index (κ1) is 19.0. The number of imidazole rings is 1. The van der Waals surface area contributed by atoms with Gasteiger partial charge in [0.1, 0.15) is 6.20 Å². The van der Waals surface area contributed by atoms with Crippen molar-refractivity contribution in [3.63, 3.8) is 0 Å². The summed E-state index contributed by atoms with van der Waals surface area (Å²) in [4.78, 5) is 15.7. The first-order valence-electron chi connectivity index (χ1n) is 8.53. The number of nitrogens with one attached hydrogen (secondary N) is 2. The summed E-state index contributed by atoms with van der Waals surface area (Å²) in [5.41, 5.74) is 3.99. The van der Waals surface area contributed by atoms with Crippen LogP contribution in [0.15, 0.2) is 37.1 Å². The molecule has 0 radical (unpaired) electrons. The minimum atomic E-state index is 0.308. The zero-order valence-corrected chi connectivity index (χ0v) is 16.1. The van der Waals surface area contributed by atoms with Crippen LogP contribution in [0, 0.1) is 12.1 Å². The van der Waals surface area contributed by atoms with E-state index in [1.54, 1.807) is 43.8 Å². The van der Waals surface area contributed by atoms with Crippen molar-refractivity contribution in [2.75, 3.05) is 24.7 Å². The third-order valence-electron chi connectivity index (χ3n) is 3.96. The third kappa shape index (κ3) is 5.33. The molecule has 0 aromatic carbocycles. The molecular formula is C18H22N6O2S. The highest BCUT2D eigenvalue weighted by molar-refractivity contribution is 7.98. The smallest absolute Gasteiger partial charge is 0.391 e. The molecule has 0 aliphatic heterocycles. The van der Waals surface area contributed by atoms with Crippen molar-refractivity contribution >= 4 is 17.7 Å². The molecule has 0 aliphatic rings. The van der Waals surface area contributed by atoms with Gasteiger partial charge in [0.2, 0.25) is 5.88 Å². The molecule has 3 aromatic rings. The molecule has 3 aromatic heterocycles. The second-order valence-corrected chi connectivity index (χ2v) is 7.05. The van der Waals surface area contributed by atoms with E-state index in [4.69, 9.17) is 4.74 Å². The summed E-state index contributed by atoms with van der Waals surface area (Å²) in [6, 6.07) is 3.74. The van der Waals surface area contributed by atoms with Crippen molar-refractivity contribution in [2.24, 2.45) is 0 Å². The predicted octanol–water partition coefficient (Wildman–Crippen LogP) is 2.09. The van der Waals surface area contributed by atoms with E-state index in [9.17, 15) is 5.21 Å². The fraction of sp³-hybridized carbons (Fsp3) is 0.333. The number of H-pyrrole nitrogens is 1. The monoisotopic (exact) mass is 386 g/mol. The molecule has 3 heterocycles. The molecule has 0 saturated heterocycles. The Hall–Kier alpha value is -2.81. The Labute approximate surface area is 162 Å². The van der Waals surface area contributed by atoms with E-state index in [-0.39, 0.29) is 0 Å². The van der Waals surface area contributed by atoms with Crippen LogP contribution >= 0.6 is 11.8 Å². The maximum absolute atomic E-state index is 12.2. The lowest BCUT2D eigenvalue weighted by Crippen LogP contribution is -2.33. The number of nitrogens with zero attached hydrogens (tertiary/aromatic N) is 4. The topological polar surface area (TPSA) is 103 Å². The van der Waals surface area contributed by atoms with Crippen LogP contribution in [0.1, 0.15) is 22.5 Å². The number of aromatic amines is 1. The number of methoxy groups -OCH3 is 1. The highest BCUT2D eigenvalue weighted by atomic mass is 32.2. The van der Waals surface area contributed by atoms with Gasteiger partial charge in [0.05, 0.1) is 31.9 Å². The van der Waals surface area contributed by atoms with Crippen LogP contribution < -0.4 is 14.8 Å². The van der Waals surface area contributed by atoms with E-state index >= 15 is 0 Å². The normalized spacial score (nSPS) is 10.7. The molecule has 0 spiro atoms.